The number of unbranched alkanes of at least 4 members (excludes halogenated alkanes) is 4. The summed E-state index contributed by atoms with van der Waals surface area (Å²) >= 11 is 0. The molecule has 0 fully saturated rings. The van der Waals surface area contributed by atoms with Crippen LogP contribution in [0.2, 0.25) is 0 Å². The van der Waals surface area contributed by atoms with E-state index in [-0.39, 0.29) is 11.8 Å². The van der Waals surface area contributed by atoms with E-state index < -0.39 is 0 Å². The second-order valence-electron chi connectivity index (χ2n) is 7.04. The molecular weight excluding hydrogens is 350 g/mol. The van der Waals surface area contributed by atoms with Gasteiger partial charge in [-0.3, -0.25) is 9.59 Å². The number of anilines is 2. The van der Waals surface area contributed by atoms with Gasteiger partial charge in [0.15, 0.2) is 0 Å². The van der Waals surface area contributed by atoms with Crippen molar-refractivity contribution in [3.63, 3.8) is 0 Å². The summed E-state index contributed by atoms with van der Waals surface area (Å²) in [5, 5.41) is 8.90. The normalized spacial score (nSPS) is 10.5. The van der Waals surface area contributed by atoms with Gasteiger partial charge in [-0.2, -0.15) is 0 Å². The molecule has 0 aliphatic heterocycles. The molecule has 28 heavy (non-hydrogen) atoms. The van der Waals surface area contributed by atoms with Crippen LogP contribution >= 0.6 is 0 Å². The van der Waals surface area contributed by atoms with Crippen molar-refractivity contribution >= 4 is 23.2 Å². The Labute approximate surface area is 167 Å². The average molecular weight is 382 g/mol. The van der Waals surface area contributed by atoms with Crippen molar-refractivity contribution in [1.29, 1.82) is 0 Å². The minimum Gasteiger partial charge on any atom is -0.325 e. The first-order valence-electron chi connectivity index (χ1n) is 10.1. The number of rotatable bonds is 11. The quantitative estimate of drug-likeness (QED) is 0.492. The molecule has 2 aromatic rings. The predicted octanol–water partition coefficient (Wildman–Crippen LogP) is 4.75. The summed E-state index contributed by atoms with van der Waals surface area (Å²) in [5.74, 6) is -0.214. The molecule has 0 spiro atoms. The summed E-state index contributed by atoms with van der Waals surface area (Å²) in [6.45, 7) is 5.32. The van der Waals surface area contributed by atoms with Crippen LogP contribution in [0.3, 0.4) is 0 Å². The lowest BCUT2D eigenvalue weighted by molar-refractivity contribution is -0.115. The molecule has 0 saturated carbocycles. The number of aryl methyl sites for hydroxylation is 1. The van der Waals surface area contributed by atoms with E-state index in [4.69, 9.17) is 0 Å². The summed E-state index contributed by atoms with van der Waals surface area (Å²) in [7, 11) is 0. The van der Waals surface area contributed by atoms with Gasteiger partial charge in [-0.1, -0.05) is 50.3 Å². The van der Waals surface area contributed by atoms with Crippen molar-refractivity contribution in [1.82, 2.24) is 5.32 Å². The highest BCUT2D eigenvalue weighted by molar-refractivity contribution is 6.04. The summed E-state index contributed by atoms with van der Waals surface area (Å²) in [5.41, 5.74) is 3.07. The standard InChI is InChI=1S/C23H31N3O2/c1-3-4-5-6-7-15-24-17-22(27)25-20-11-13-21(14-12-20)26-23(28)19-10-8-9-18(2)16-19/h8-14,16,24H,3-7,15,17H2,1-2H3,(H,25,27)(H,26,28). The molecule has 0 saturated heterocycles. The van der Waals surface area contributed by atoms with Gasteiger partial charge in [-0.25, -0.2) is 0 Å². The lowest BCUT2D eigenvalue weighted by Crippen LogP contribution is -2.28. The molecule has 5 nitrogen and oxygen atoms in total. The van der Waals surface area contributed by atoms with E-state index in [1.165, 1.54) is 25.7 Å². The number of nitrogens with one attached hydrogen (secondary N) is 3. The molecule has 0 aliphatic rings. The summed E-state index contributed by atoms with van der Waals surface area (Å²) in [4.78, 5) is 24.3. The van der Waals surface area contributed by atoms with Crippen molar-refractivity contribution in [2.24, 2.45) is 0 Å². The predicted molar refractivity (Wildman–Crippen MR) is 116 cm³/mol. The number of carbonyl (C=O) groups excluding carboxylic acids is 2. The molecule has 0 atom stereocenters. The summed E-state index contributed by atoms with van der Waals surface area (Å²) in [6, 6.07) is 14.6. The monoisotopic (exact) mass is 381 g/mol. The third-order valence-electron chi connectivity index (χ3n) is 4.45. The van der Waals surface area contributed by atoms with Crippen molar-refractivity contribution in [2.45, 2.75) is 46.0 Å². The maximum Gasteiger partial charge on any atom is 0.255 e. The first-order valence-corrected chi connectivity index (χ1v) is 10.1. The van der Waals surface area contributed by atoms with Gasteiger partial charge < -0.3 is 16.0 Å². The molecule has 2 aromatic carbocycles. The average Bonchev–Trinajstić information content (AvgIpc) is 2.69. The Bertz CT molecular complexity index is 757. The van der Waals surface area contributed by atoms with Crippen molar-refractivity contribution in [3.05, 3.63) is 59.7 Å². The molecular formula is C23H31N3O2. The van der Waals surface area contributed by atoms with Gasteiger partial charge in [0, 0.05) is 16.9 Å². The Morgan fingerprint density at radius 3 is 2.21 bits per heavy atom. The fraction of sp³-hybridized carbons (Fsp3) is 0.391. The molecule has 5 heteroatoms. The van der Waals surface area contributed by atoms with Gasteiger partial charge in [0.25, 0.3) is 5.91 Å². The highest BCUT2D eigenvalue weighted by Crippen LogP contribution is 2.15. The second kappa shape index (κ2) is 11.9. The Morgan fingerprint density at radius 1 is 0.857 bits per heavy atom. The maximum atomic E-state index is 12.3. The van der Waals surface area contributed by atoms with Crippen LogP contribution in [-0.2, 0) is 4.79 Å². The third kappa shape index (κ3) is 7.92. The van der Waals surface area contributed by atoms with E-state index in [9.17, 15) is 9.59 Å². The number of carbonyl (C=O) groups is 2. The van der Waals surface area contributed by atoms with Crippen LogP contribution in [0.15, 0.2) is 48.5 Å². The Kier molecular flexibility index (Phi) is 9.22. The van der Waals surface area contributed by atoms with Crippen LogP contribution in [0.1, 0.15) is 54.9 Å². The van der Waals surface area contributed by atoms with Crippen molar-refractivity contribution in [3.8, 4) is 0 Å². The number of hydrogen-bond donors (Lipinski definition) is 3. The Balaban J connectivity index is 1.71. The maximum absolute atomic E-state index is 12.3. The topological polar surface area (TPSA) is 70.2 Å². The zero-order chi connectivity index (χ0) is 20.2. The van der Waals surface area contributed by atoms with Gasteiger partial charge in [0.1, 0.15) is 0 Å². The highest BCUT2D eigenvalue weighted by Gasteiger charge is 2.07. The largest absolute Gasteiger partial charge is 0.325 e. The van der Waals surface area contributed by atoms with E-state index in [1.54, 1.807) is 30.3 Å². The summed E-state index contributed by atoms with van der Waals surface area (Å²) < 4.78 is 0. The first kappa shape index (κ1) is 21.6. The number of hydrogen-bond acceptors (Lipinski definition) is 3. The molecule has 150 valence electrons. The van der Waals surface area contributed by atoms with E-state index in [0.29, 0.717) is 23.5 Å². The van der Waals surface area contributed by atoms with Crippen LogP contribution < -0.4 is 16.0 Å². The number of benzene rings is 2. The second-order valence-corrected chi connectivity index (χ2v) is 7.04. The minimum atomic E-state index is -0.149. The lowest BCUT2D eigenvalue weighted by atomic mass is 10.1. The molecule has 0 unspecified atom stereocenters. The van der Waals surface area contributed by atoms with Crippen LogP contribution in [0.25, 0.3) is 0 Å². The minimum absolute atomic E-state index is 0.0647. The van der Waals surface area contributed by atoms with Gasteiger partial charge in [0.2, 0.25) is 5.91 Å². The van der Waals surface area contributed by atoms with Crippen LogP contribution in [0, 0.1) is 6.92 Å². The van der Waals surface area contributed by atoms with Gasteiger partial charge in [-0.05, 0) is 56.3 Å². The fourth-order valence-electron chi connectivity index (χ4n) is 2.89. The SMILES string of the molecule is CCCCCCCNCC(=O)Nc1ccc(NC(=O)c2cccc(C)c2)cc1. The first-order chi connectivity index (χ1) is 13.6. The van der Waals surface area contributed by atoms with Gasteiger partial charge in [-0.15, -0.1) is 0 Å². The molecule has 0 bridgehead atoms. The smallest absolute Gasteiger partial charge is 0.255 e. The zero-order valence-electron chi connectivity index (χ0n) is 16.9. The third-order valence-corrected chi connectivity index (χ3v) is 4.45. The van der Waals surface area contributed by atoms with Gasteiger partial charge >= 0.3 is 0 Å². The van der Waals surface area contributed by atoms with E-state index in [1.807, 2.05) is 25.1 Å². The molecule has 0 radical (unpaired) electrons. The molecule has 0 heterocycles. The Morgan fingerprint density at radius 2 is 1.54 bits per heavy atom. The molecule has 2 rings (SSSR count). The van der Waals surface area contributed by atoms with E-state index in [0.717, 1.165) is 18.5 Å². The molecule has 0 aromatic heterocycles. The zero-order valence-corrected chi connectivity index (χ0v) is 16.9. The Hall–Kier alpha value is -2.66. The fourth-order valence-corrected chi connectivity index (χ4v) is 2.89. The molecule has 3 N–H and O–H groups in total. The van der Waals surface area contributed by atoms with E-state index in [2.05, 4.69) is 22.9 Å². The van der Waals surface area contributed by atoms with E-state index >= 15 is 0 Å². The lowest BCUT2D eigenvalue weighted by Gasteiger charge is -2.09. The van der Waals surface area contributed by atoms with Crippen LogP contribution in [0.5, 0.6) is 0 Å². The molecule has 0 aliphatic carbocycles. The van der Waals surface area contributed by atoms with Crippen LogP contribution in [-0.4, -0.2) is 24.9 Å². The van der Waals surface area contributed by atoms with Crippen molar-refractivity contribution < 1.29 is 9.59 Å². The molecule has 2 amide bonds. The van der Waals surface area contributed by atoms with Gasteiger partial charge in [0.05, 0.1) is 6.54 Å². The summed E-state index contributed by atoms with van der Waals surface area (Å²) in [6.07, 6.45) is 6.09. The number of amides is 2. The van der Waals surface area contributed by atoms with Crippen LogP contribution in [0.4, 0.5) is 11.4 Å². The van der Waals surface area contributed by atoms with Crippen molar-refractivity contribution in [2.75, 3.05) is 23.7 Å². The highest BCUT2D eigenvalue weighted by atomic mass is 16.2.